The van der Waals surface area contributed by atoms with Crippen LogP contribution in [0.15, 0.2) is 33.8 Å². The molecule has 3 N–H and O–H groups in total. The van der Waals surface area contributed by atoms with E-state index in [0.29, 0.717) is 17.3 Å². The van der Waals surface area contributed by atoms with Gasteiger partial charge in [-0.05, 0) is 26.0 Å². The van der Waals surface area contributed by atoms with Crippen LogP contribution in [0.3, 0.4) is 0 Å². The molecule has 5 nitrogen and oxygen atoms in total. The van der Waals surface area contributed by atoms with E-state index in [1.54, 1.807) is 0 Å². The first-order chi connectivity index (χ1) is 8.60. The maximum Gasteiger partial charge on any atom is 0.226 e. The van der Waals surface area contributed by atoms with Gasteiger partial charge in [-0.1, -0.05) is 22.9 Å². The Hall–Kier alpha value is -2.30. The normalized spacial score (nSPS) is 11.8. The van der Waals surface area contributed by atoms with Gasteiger partial charge in [-0.15, -0.1) is 0 Å². The van der Waals surface area contributed by atoms with Gasteiger partial charge in [0, 0.05) is 5.56 Å². The molecule has 1 aromatic heterocycles. The number of hydrogen-bond acceptors (Lipinski definition) is 4. The van der Waals surface area contributed by atoms with Crippen molar-refractivity contribution in [2.24, 2.45) is 10.9 Å². The van der Waals surface area contributed by atoms with E-state index in [0.717, 1.165) is 5.56 Å². The molecule has 0 spiro atoms. The third-order valence-corrected chi connectivity index (χ3v) is 2.67. The van der Waals surface area contributed by atoms with Crippen LogP contribution in [-0.4, -0.2) is 16.0 Å². The number of amidine groups is 1. The number of rotatable bonds is 3. The van der Waals surface area contributed by atoms with Gasteiger partial charge in [-0.3, -0.25) is 0 Å². The topological polar surface area (TPSA) is 84.6 Å². The number of nitrogens with zero attached hydrogens (tertiary/aromatic N) is 2. The second-order valence-electron chi connectivity index (χ2n) is 4.16. The minimum absolute atomic E-state index is 0.113. The van der Waals surface area contributed by atoms with E-state index in [4.69, 9.17) is 15.4 Å². The molecule has 0 aliphatic heterocycles. The summed E-state index contributed by atoms with van der Waals surface area (Å²) in [5.41, 5.74) is 8.23. The molecule has 2 rings (SSSR count). The van der Waals surface area contributed by atoms with E-state index in [2.05, 4.69) is 10.1 Å². The molecule has 2 aromatic rings. The molecular formula is C13H15N3O2. The minimum atomic E-state index is 0.113. The number of nitrogens with two attached hydrogens (primary N) is 1. The summed E-state index contributed by atoms with van der Waals surface area (Å²) in [5.74, 6) is 1.34. The quantitative estimate of drug-likeness (QED) is 0.376. The third kappa shape index (κ3) is 2.51. The predicted molar refractivity (Wildman–Crippen MR) is 68.5 cm³/mol. The summed E-state index contributed by atoms with van der Waals surface area (Å²) in [6.45, 7) is 3.83. The fourth-order valence-corrected chi connectivity index (χ4v) is 1.62. The summed E-state index contributed by atoms with van der Waals surface area (Å²) in [7, 11) is 0. The van der Waals surface area contributed by atoms with Gasteiger partial charge in [0.05, 0.1) is 12.1 Å². The first kappa shape index (κ1) is 12.2. The van der Waals surface area contributed by atoms with Crippen molar-refractivity contribution in [2.45, 2.75) is 20.3 Å². The van der Waals surface area contributed by atoms with Gasteiger partial charge in [-0.2, -0.15) is 0 Å². The van der Waals surface area contributed by atoms with Crippen LogP contribution >= 0.6 is 0 Å². The van der Waals surface area contributed by atoms with E-state index in [9.17, 15) is 0 Å². The highest BCUT2D eigenvalue weighted by Crippen LogP contribution is 2.22. The molecule has 0 bridgehead atoms. The van der Waals surface area contributed by atoms with E-state index in [1.807, 2.05) is 38.1 Å². The van der Waals surface area contributed by atoms with Gasteiger partial charge in [0.2, 0.25) is 5.89 Å². The Morgan fingerprint density at radius 2 is 2.00 bits per heavy atom. The number of oxime groups is 1. The lowest BCUT2D eigenvalue weighted by molar-refractivity contribution is 0.317. The Labute approximate surface area is 105 Å². The zero-order chi connectivity index (χ0) is 13.1. The summed E-state index contributed by atoms with van der Waals surface area (Å²) in [6, 6.07) is 7.90. The van der Waals surface area contributed by atoms with Crippen LogP contribution in [-0.2, 0) is 6.42 Å². The van der Waals surface area contributed by atoms with Crippen molar-refractivity contribution >= 4 is 5.84 Å². The average Bonchev–Trinajstić information content (AvgIpc) is 2.71. The van der Waals surface area contributed by atoms with Crippen molar-refractivity contribution in [3.8, 4) is 11.5 Å². The summed E-state index contributed by atoms with van der Waals surface area (Å²) < 4.78 is 5.58. The Morgan fingerprint density at radius 3 is 2.61 bits per heavy atom. The molecule has 0 saturated carbocycles. The van der Waals surface area contributed by atoms with Gasteiger partial charge in [-0.25, -0.2) is 4.98 Å². The van der Waals surface area contributed by atoms with Crippen LogP contribution in [0, 0.1) is 13.8 Å². The van der Waals surface area contributed by atoms with E-state index in [1.165, 1.54) is 5.56 Å². The van der Waals surface area contributed by atoms with Gasteiger partial charge < -0.3 is 15.4 Å². The van der Waals surface area contributed by atoms with Crippen LogP contribution in [0.4, 0.5) is 0 Å². The van der Waals surface area contributed by atoms with Crippen molar-refractivity contribution < 1.29 is 9.62 Å². The maximum absolute atomic E-state index is 8.55. The summed E-state index contributed by atoms with van der Waals surface area (Å²) in [5, 5.41) is 11.5. The lowest BCUT2D eigenvalue weighted by Crippen LogP contribution is -2.15. The number of aromatic nitrogens is 1. The zero-order valence-corrected chi connectivity index (χ0v) is 10.3. The van der Waals surface area contributed by atoms with Gasteiger partial charge in [0.25, 0.3) is 0 Å². The maximum atomic E-state index is 8.55. The molecule has 1 heterocycles. The number of oxazole rings is 1. The molecule has 0 aliphatic carbocycles. The van der Waals surface area contributed by atoms with Gasteiger partial charge in [0.1, 0.15) is 11.6 Å². The van der Waals surface area contributed by atoms with Crippen LogP contribution in [0.5, 0.6) is 0 Å². The summed E-state index contributed by atoms with van der Waals surface area (Å²) >= 11 is 0. The van der Waals surface area contributed by atoms with Crippen molar-refractivity contribution in [1.29, 1.82) is 0 Å². The summed E-state index contributed by atoms with van der Waals surface area (Å²) in [6.07, 6.45) is 0.275. The monoisotopic (exact) mass is 245 g/mol. The highest BCUT2D eigenvalue weighted by Gasteiger charge is 2.12. The molecule has 0 unspecified atom stereocenters. The largest absolute Gasteiger partial charge is 0.441 e. The van der Waals surface area contributed by atoms with Crippen molar-refractivity contribution in [2.75, 3.05) is 0 Å². The molecule has 1 aromatic carbocycles. The summed E-state index contributed by atoms with van der Waals surface area (Å²) in [4.78, 5) is 4.36. The second kappa shape index (κ2) is 4.91. The van der Waals surface area contributed by atoms with E-state index in [-0.39, 0.29) is 12.3 Å². The Morgan fingerprint density at radius 1 is 1.33 bits per heavy atom. The van der Waals surface area contributed by atoms with Crippen LogP contribution in [0.25, 0.3) is 11.5 Å². The third-order valence-electron chi connectivity index (χ3n) is 2.67. The zero-order valence-electron chi connectivity index (χ0n) is 10.3. The van der Waals surface area contributed by atoms with Crippen molar-refractivity contribution in [3.63, 3.8) is 0 Å². The fourth-order valence-electron chi connectivity index (χ4n) is 1.62. The molecule has 0 amide bonds. The highest BCUT2D eigenvalue weighted by molar-refractivity contribution is 5.81. The lowest BCUT2D eigenvalue weighted by atomic mass is 10.1. The minimum Gasteiger partial charge on any atom is -0.441 e. The Bertz CT molecular complexity index is 570. The molecular weight excluding hydrogens is 230 g/mol. The first-order valence-electron chi connectivity index (χ1n) is 5.60. The highest BCUT2D eigenvalue weighted by atomic mass is 16.4. The molecule has 18 heavy (non-hydrogen) atoms. The predicted octanol–water partition coefficient (Wildman–Crippen LogP) is 2.25. The van der Waals surface area contributed by atoms with Crippen LogP contribution in [0.1, 0.15) is 17.0 Å². The molecule has 0 saturated heterocycles. The molecule has 5 heteroatoms. The van der Waals surface area contributed by atoms with Crippen LogP contribution in [0.2, 0.25) is 0 Å². The van der Waals surface area contributed by atoms with Crippen molar-refractivity contribution in [3.05, 3.63) is 41.3 Å². The molecule has 0 fully saturated rings. The molecule has 0 aliphatic rings. The van der Waals surface area contributed by atoms with E-state index >= 15 is 0 Å². The first-order valence-corrected chi connectivity index (χ1v) is 5.60. The van der Waals surface area contributed by atoms with E-state index < -0.39 is 0 Å². The fraction of sp³-hybridized carbons (Fsp3) is 0.231. The average molecular weight is 245 g/mol. The molecule has 0 radical (unpaired) electrons. The van der Waals surface area contributed by atoms with Crippen molar-refractivity contribution in [1.82, 2.24) is 4.98 Å². The lowest BCUT2D eigenvalue weighted by Gasteiger charge is -1.95. The number of benzene rings is 1. The van der Waals surface area contributed by atoms with Gasteiger partial charge >= 0.3 is 0 Å². The number of aryl methyl sites for hydroxylation is 2. The standard InChI is InChI=1S/C13H15N3O2/c1-8-3-5-10(6-4-8)13-15-11(9(2)18-13)7-12(14)16-17/h3-6,17H,7H2,1-2H3,(H2,14,16). The Balaban J connectivity index is 2.31. The van der Waals surface area contributed by atoms with Gasteiger partial charge in [0.15, 0.2) is 0 Å². The number of hydrogen-bond donors (Lipinski definition) is 2. The smallest absolute Gasteiger partial charge is 0.226 e. The Kier molecular flexibility index (Phi) is 3.32. The second-order valence-corrected chi connectivity index (χ2v) is 4.16. The van der Waals surface area contributed by atoms with Crippen LogP contribution < -0.4 is 5.73 Å². The molecule has 94 valence electrons. The molecule has 0 atom stereocenters. The SMILES string of the molecule is Cc1ccc(-c2nc(CC(N)=NO)c(C)o2)cc1.